The summed E-state index contributed by atoms with van der Waals surface area (Å²) in [5.74, 6) is 1.54. The van der Waals surface area contributed by atoms with Crippen LogP contribution in [0.5, 0.6) is 0 Å². The first-order valence-corrected chi connectivity index (χ1v) is 7.75. The molecule has 0 fully saturated rings. The van der Waals surface area contributed by atoms with E-state index in [1.165, 1.54) is 5.56 Å². The van der Waals surface area contributed by atoms with Gasteiger partial charge in [0.25, 0.3) is 0 Å². The summed E-state index contributed by atoms with van der Waals surface area (Å²) in [4.78, 5) is 8.56. The Bertz CT molecular complexity index is 797. The molecular weight excluding hydrogens is 342 g/mol. The molecule has 2 aromatic heterocycles. The molecule has 0 unspecified atom stereocenters. The summed E-state index contributed by atoms with van der Waals surface area (Å²) >= 11 is 3.48. The summed E-state index contributed by atoms with van der Waals surface area (Å²) in [5, 5.41) is 7.76. The zero-order valence-corrected chi connectivity index (χ0v) is 14.0. The van der Waals surface area contributed by atoms with E-state index < -0.39 is 0 Å². The Morgan fingerprint density at radius 2 is 2.00 bits per heavy atom. The van der Waals surface area contributed by atoms with E-state index in [2.05, 4.69) is 48.4 Å². The Morgan fingerprint density at radius 3 is 2.73 bits per heavy atom. The third-order valence-electron chi connectivity index (χ3n) is 3.24. The number of aromatic nitrogens is 4. The number of hydrogen-bond acceptors (Lipinski definition) is 4. The summed E-state index contributed by atoms with van der Waals surface area (Å²) in [6.45, 7) is 4.68. The molecule has 0 spiro atoms. The predicted octanol–water partition coefficient (Wildman–Crippen LogP) is 3.65. The van der Waals surface area contributed by atoms with Crippen LogP contribution in [0.2, 0.25) is 0 Å². The van der Waals surface area contributed by atoms with Crippen LogP contribution in [0.3, 0.4) is 0 Å². The lowest BCUT2D eigenvalue weighted by atomic mass is 10.2. The predicted molar refractivity (Wildman–Crippen MR) is 90.1 cm³/mol. The van der Waals surface area contributed by atoms with Crippen molar-refractivity contribution >= 4 is 21.7 Å². The van der Waals surface area contributed by atoms with Gasteiger partial charge >= 0.3 is 0 Å². The number of anilines is 1. The second-order valence-electron chi connectivity index (χ2n) is 5.08. The molecular formula is C16H16BrN5. The number of rotatable bonds is 4. The lowest BCUT2D eigenvalue weighted by Crippen LogP contribution is -2.06. The number of hydrogen-bond donors (Lipinski definition) is 1. The van der Waals surface area contributed by atoms with Crippen LogP contribution in [0, 0.1) is 13.8 Å². The summed E-state index contributed by atoms with van der Waals surface area (Å²) in [7, 11) is 0. The second kappa shape index (κ2) is 6.27. The smallest absolute Gasteiger partial charge is 0.159 e. The number of nitrogens with one attached hydrogen (secondary N) is 1. The highest BCUT2D eigenvalue weighted by Gasteiger charge is 2.06. The first-order chi connectivity index (χ1) is 10.6. The summed E-state index contributed by atoms with van der Waals surface area (Å²) in [6, 6.07) is 12.1. The van der Waals surface area contributed by atoms with Gasteiger partial charge in [-0.05, 0) is 37.6 Å². The SMILES string of the molecule is Cc1cc(C)n(-c2cc(NCc3cccc(Br)c3)ncn2)n1. The lowest BCUT2D eigenvalue weighted by Gasteiger charge is -2.08. The molecule has 1 aromatic carbocycles. The maximum atomic E-state index is 4.44. The minimum atomic E-state index is 0.701. The van der Waals surface area contributed by atoms with Crippen LogP contribution in [-0.2, 0) is 6.54 Å². The van der Waals surface area contributed by atoms with Crippen molar-refractivity contribution in [3.8, 4) is 5.82 Å². The molecule has 0 aliphatic heterocycles. The first kappa shape index (κ1) is 14.7. The van der Waals surface area contributed by atoms with Gasteiger partial charge in [-0.15, -0.1) is 0 Å². The molecule has 6 heteroatoms. The van der Waals surface area contributed by atoms with Crippen molar-refractivity contribution in [1.82, 2.24) is 19.7 Å². The van der Waals surface area contributed by atoms with Crippen molar-refractivity contribution in [2.24, 2.45) is 0 Å². The molecule has 0 aliphatic rings. The van der Waals surface area contributed by atoms with Gasteiger partial charge < -0.3 is 5.32 Å². The lowest BCUT2D eigenvalue weighted by molar-refractivity contribution is 0.800. The Kier molecular flexibility index (Phi) is 4.20. The van der Waals surface area contributed by atoms with E-state index >= 15 is 0 Å². The van der Waals surface area contributed by atoms with Gasteiger partial charge in [-0.2, -0.15) is 5.10 Å². The molecule has 0 saturated carbocycles. The van der Waals surface area contributed by atoms with Crippen molar-refractivity contribution < 1.29 is 0 Å². The fourth-order valence-electron chi connectivity index (χ4n) is 2.26. The number of aryl methyl sites for hydroxylation is 2. The molecule has 0 radical (unpaired) electrons. The van der Waals surface area contributed by atoms with Gasteiger partial charge in [-0.1, -0.05) is 28.1 Å². The van der Waals surface area contributed by atoms with Crippen LogP contribution < -0.4 is 5.32 Å². The topological polar surface area (TPSA) is 55.6 Å². The fraction of sp³-hybridized carbons (Fsp3) is 0.188. The highest BCUT2D eigenvalue weighted by atomic mass is 79.9. The van der Waals surface area contributed by atoms with Gasteiger partial charge in [-0.25, -0.2) is 14.6 Å². The van der Waals surface area contributed by atoms with Crippen molar-refractivity contribution in [1.29, 1.82) is 0 Å². The van der Waals surface area contributed by atoms with E-state index in [-0.39, 0.29) is 0 Å². The second-order valence-corrected chi connectivity index (χ2v) is 6.00. The number of benzene rings is 1. The van der Waals surface area contributed by atoms with Crippen LogP contribution in [0.1, 0.15) is 17.0 Å². The molecule has 2 heterocycles. The summed E-state index contributed by atoms with van der Waals surface area (Å²) in [6.07, 6.45) is 1.55. The van der Waals surface area contributed by atoms with E-state index in [1.54, 1.807) is 6.33 Å². The minimum absolute atomic E-state index is 0.701. The summed E-state index contributed by atoms with van der Waals surface area (Å²) < 4.78 is 2.89. The molecule has 112 valence electrons. The van der Waals surface area contributed by atoms with Gasteiger partial charge in [0.15, 0.2) is 5.82 Å². The molecule has 0 bridgehead atoms. The molecule has 0 saturated heterocycles. The van der Waals surface area contributed by atoms with Crippen molar-refractivity contribution in [2.75, 3.05) is 5.32 Å². The van der Waals surface area contributed by atoms with Gasteiger partial charge in [0.1, 0.15) is 12.1 Å². The van der Waals surface area contributed by atoms with Gasteiger partial charge in [0.05, 0.1) is 5.69 Å². The maximum Gasteiger partial charge on any atom is 0.159 e. The number of halogens is 1. The van der Waals surface area contributed by atoms with Crippen LogP contribution in [0.15, 0.2) is 47.2 Å². The monoisotopic (exact) mass is 357 g/mol. The largest absolute Gasteiger partial charge is 0.366 e. The average Bonchev–Trinajstić information content (AvgIpc) is 2.84. The third kappa shape index (κ3) is 3.33. The zero-order chi connectivity index (χ0) is 15.5. The van der Waals surface area contributed by atoms with Crippen LogP contribution >= 0.6 is 15.9 Å². The number of nitrogens with zero attached hydrogens (tertiary/aromatic N) is 4. The summed E-state index contributed by atoms with van der Waals surface area (Å²) in [5.41, 5.74) is 3.20. The molecule has 5 nitrogen and oxygen atoms in total. The van der Waals surface area contributed by atoms with Gasteiger partial charge in [-0.3, -0.25) is 0 Å². The molecule has 3 aromatic rings. The first-order valence-electron chi connectivity index (χ1n) is 6.96. The molecule has 0 aliphatic carbocycles. The Balaban J connectivity index is 1.78. The normalized spacial score (nSPS) is 10.7. The van der Waals surface area contributed by atoms with Crippen LogP contribution in [0.25, 0.3) is 5.82 Å². The Morgan fingerprint density at radius 1 is 1.14 bits per heavy atom. The standard InChI is InChI=1S/C16H16BrN5/c1-11-6-12(2)22(21-11)16-8-15(19-10-20-16)18-9-13-4-3-5-14(17)7-13/h3-8,10H,9H2,1-2H3,(H,18,19,20). The highest BCUT2D eigenvalue weighted by Crippen LogP contribution is 2.15. The maximum absolute atomic E-state index is 4.44. The molecule has 0 atom stereocenters. The molecule has 0 amide bonds. The molecule has 22 heavy (non-hydrogen) atoms. The van der Waals surface area contributed by atoms with Crippen molar-refractivity contribution in [2.45, 2.75) is 20.4 Å². The van der Waals surface area contributed by atoms with E-state index in [4.69, 9.17) is 0 Å². The van der Waals surface area contributed by atoms with Crippen LogP contribution in [0.4, 0.5) is 5.82 Å². The average molecular weight is 358 g/mol. The van der Waals surface area contributed by atoms with E-state index in [9.17, 15) is 0 Å². The third-order valence-corrected chi connectivity index (χ3v) is 3.74. The van der Waals surface area contributed by atoms with Crippen molar-refractivity contribution in [3.63, 3.8) is 0 Å². The Hall–Kier alpha value is -2.21. The van der Waals surface area contributed by atoms with E-state index in [0.29, 0.717) is 6.54 Å². The van der Waals surface area contributed by atoms with Crippen LogP contribution in [-0.4, -0.2) is 19.7 Å². The van der Waals surface area contributed by atoms with E-state index in [0.717, 1.165) is 27.5 Å². The molecule has 3 rings (SSSR count). The highest BCUT2D eigenvalue weighted by molar-refractivity contribution is 9.10. The minimum Gasteiger partial charge on any atom is -0.366 e. The quantitative estimate of drug-likeness (QED) is 0.774. The van der Waals surface area contributed by atoms with Gasteiger partial charge in [0, 0.05) is 22.8 Å². The molecule has 1 N–H and O–H groups in total. The van der Waals surface area contributed by atoms with Crippen molar-refractivity contribution in [3.05, 3.63) is 64.1 Å². The van der Waals surface area contributed by atoms with E-state index in [1.807, 2.05) is 42.8 Å². The Labute approximate surface area is 137 Å². The van der Waals surface area contributed by atoms with Gasteiger partial charge in [0.2, 0.25) is 0 Å². The zero-order valence-electron chi connectivity index (χ0n) is 12.4. The fourth-order valence-corrected chi connectivity index (χ4v) is 2.71.